The molecular weight excluding hydrogens is 273 g/mol. The van der Waals surface area contributed by atoms with Crippen LogP contribution in [0.2, 0.25) is 0 Å². The molecule has 1 saturated carbocycles. The van der Waals surface area contributed by atoms with Crippen LogP contribution in [-0.4, -0.2) is 16.2 Å². The summed E-state index contributed by atoms with van der Waals surface area (Å²) in [5.41, 5.74) is -0.505. The molecule has 1 heterocycles. The molecule has 2 rings (SSSR count). The molecule has 0 aliphatic heterocycles. The highest BCUT2D eigenvalue weighted by molar-refractivity contribution is 7.98. The molecule has 1 fully saturated rings. The van der Waals surface area contributed by atoms with Gasteiger partial charge in [0.1, 0.15) is 0 Å². The number of thioether (sulfide) groups is 1. The molecule has 0 spiro atoms. The van der Waals surface area contributed by atoms with Gasteiger partial charge in [-0.1, -0.05) is 43.9 Å². The van der Waals surface area contributed by atoms with Crippen molar-refractivity contribution in [3.8, 4) is 0 Å². The van der Waals surface area contributed by atoms with Gasteiger partial charge in [0.25, 0.3) is 0 Å². The highest BCUT2D eigenvalue weighted by Gasteiger charge is 2.35. The average Bonchev–Trinajstić information content (AvgIpc) is 2.38. The quantitative estimate of drug-likeness (QED) is 0.611. The Hall–Kier alpha value is -0.780. The predicted octanol–water partition coefficient (Wildman–Crippen LogP) is 4.34. The Morgan fingerprint density at radius 3 is 2.53 bits per heavy atom. The van der Waals surface area contributed by atoms with E-state index >= 15 is 0 Å². The lowest BCUT2D eigenvalue weighted by Crippen LogP contribution is -2.17. The minimum absolute atomic E-state index is 0.166. The van der Waals surface area contributed by atoms with Crippen LogP contribution in [0.4, 0.5) is 13.2 Å². The van der Waals surface area contributed by atoms with Gasteiger partial charge in [-0.15, -0.1) is 0 Å². The standard InChI is InChI=1S/C13H17F3N2S/c1-19-12-17-8-10(13(14,15)16)11(18-12)7-9-5-3-2-4-6-9/h8-9H,2-7H2,1H3. The SMILES string of the molecule is CSc1ncc(C(F)(F)F)c(CC2CCCCC2)n1. The summed E-state index contributed by atoms with van der Waals surface area (Å²) in [6, 6.07) is 0. The van der Waals surface area contributed by atoms with Crippen molar-refractivity contribution in [1.82, 2.24) is 9.97 Å². The molecule has 19 heavy (non-hydrogen) atoms. The Balaban J connectivity index is 2.24. The summed E-state index contributed by atoms with van der Waals surface area (Å²) in [5, 5.41) is 0.416. The number of alkyl halides is 3. The van der Waals surface area contributed by atoms with Crippen LogP contribution in [0, 0.1) is 5.92 Å². The molecule has 0 aromatic carbocycles. The lowest BCUT2D eigenvalue weighted by atomic mass is 9.85. The van der Waals surface area contributed by atoms with Crippen molar-refractivity contribution in [2.75, 3.05) is 6.26 Å². The van der Waals surface area contributed by atoms with Crippen molar-refractivity contribution < 1.29 is 13.2 Å². The molecule has 0 bridgehead atoms. The summed E-state index contributed by atoms with van der Waals surface area (Å²) >= 11 is 1.27. The van der Waals surface area contributed by atoms with E-state index in [0.29, 0.717) is 17.5 Å². The summed E-state index contributed by atoms with van der Waals surface area (Å²) in [6.07, 6.45) is 4.21. The lowest BCUT2D eigenvalue weighted by Gasteiger charge is -2.22. The summed E-state index contributed by atoms with van der Waals surface area (Å²) in [4.78, 5) is 7.83. The van der Waals surface area contributed by atoms with Gasteiger partial charge >= 0.3 is 6.18 Å². The maximum atomic E-state index is 13.0. The Morgan fingerprint density at radius 2 is 1.95 bits per heavy atom. The van der Waals surface area contributed by atoms with Gasteiger partial charge < -0.3 is 0 Å². The monoisotopic (exact) mass is 290 g/mol. The number of hydrogen-bond donors (Lipinski definition) is 0. The molecule has 1 aliphatic rings. The first-order chi connectivity index (χ1) is 9.00. The maximum Gasteiger partial charge on any atom is 0.419 e. The van der Waals surface area contributed by atoms with Gasteiger partial charge in [0.15, 0.2) is 5.16 Å². The fourth-order valence-electron chi connectivity index (χ4n) is 2.55. The van der Waals surface area contributed by atoms with E-state index in [1.54, 1.807) is 6.26 Å². The van der Waals surface area contributed by atoms with Crippen LogP contribution in [0.3, 0.4) is 0 Å². The van der Waals surface area contributed by atoms with E-state index in [-0.39, 0.29) is 5.69 Å². The second-order valence-corrected chi connectivity index (χ2v) is 5.70. The summed E-state index contributed by atoms with van der Waals surface area (Å²) in [7, 11) is 0. The van der Waals surface area contributed by atoms with Crippen LogP contribution in [0.1, 0.15) is 43.4 Å². The first kappa shape index (κ1) is 14.6. The minimum Gasteiger partial charge on any atom is -0.230 e. The molecule has 0 unspecified atom stereocenters. The van der Waals surface area contributed by atoms with Gasteiger partial charge in [-0.3, -0.25) is 0 Å². The molecule has 106 valence electrons. The Morgan fingerprint density at radius 1 is 1.26 bits per heavy atom. The van der Waals surface area contributed by atoms with E-state index in [1.807, 2.05) is 0 Å². The maximum absolute atomic E-state index is 13.0. The van der Waals surface area contributed by atoms with Crippen LogP contribution in [-0.2, 0) is 12.6 Å². The predicted molar refractivity (Wildman–Crippen MR) is 69.1 cm³/mol. The lowest BCUT2D eigenvalue weighted by molar-refractivity contribution is -0.139. The molecule has 0 saturated heterocycles. The first-order valence-electron chi connectivity index (χ1n) is 6.48. The van der Waals surface area contributed by atoms with Crippen LogP contribution in [0.5, 0.6) is 0 Å². The number of nitrogens with zero attached hydrogens (tertiary/aromatic N) is 2. The Kier molecular flexibility index (Phi) is 4.71. The molecule has 0 N–H and O–H groups in total. The van der Waals surface area contributed by atoms with E-state index in [0.717, 1.165) is 31.9 Å². The number of halogens is 3. The first-order valence-corrected chi connectivity index (χ1v) is 7.70. The number of hydrogen-bond acceptors (Lipinski definition) is 3. The molecule has 6 heteroatoms. The molecule has 1 aromatic heterocycles. The fraction of sp³-hybridized carbons (Fsp3) is 0.692. The van der Waals surface area contributed by atoms with Crippen molar-refractivity contribution in [2.45, 2.75) is 49.9 Å². The fourth-order valence-corrected chi connectivity index (χ4v) is 2.91. The number of aromatic nitrogens is 2. The molecule has 1 aromatic rings. The highest BCUT2D eigenvalue weighted by Crippen LogP contribution is 2.34. The van der Waals surface area contributed by atoms with E-state index in [9.17, 15) is 13.2 Å². The zero-order valence-corrected chi connectivity index (χ0v) is 11.7. The van der Waals surface area contributed by atoms with Crippen molar-refractivity contribution in [3.63, 3.8) is 0 Å². The molecule has 0 amide bonds. The third kappa shape index (κ3) is 3.84. The van der Waals surface area contributed by atoms with Crippen molar-refractivity contribution in [2.24, 2.45) is 5.92 Å². The topological polar surface area (TPSA) is 25.8 Å². The summed E-state index contributed by atoms with van der Waals surface area (Å²) in [5.74, 6) is 0.333. The highest BCUT2D eigenvalue weighted by atomic mass is 32.2. The summed E-state index contributed by atoms with van der Waals surface area (Å²) in [6.45, 7) is 0. The van der Waals surface area contributed by atoms with Gasteiger partial charge in [-0.05, 0) is 18.6 Å². The smallest absolute Gasteiger partial charge is 0.230 e. The van der Waals surface area contributed by atoms with Crippen LogP contribution in [0.25, 0.3) is 0 Å². The second kappa shape index (κ2) is 6.11. The zero-order valence-electron chi connectivity index (χ0n) is 10.8. The molecule has 2 nitrogen and oxygen atoms in total. The van der Waals surface area contributed by atoms with Crippen LogP contribution < -0.4 is 0 Å². The Labute approximate surface area is 115 Å². The van der Waals surface area contributed by atoms with Gasteiger partial charge in [-0.25, -0.2) is 9.97 Å². The molecule has 0 atom stereocenters. The van der Waals surface area contributed by atoms with Gasteiger partial charge in [0, 0.05) is 6.20 Å². The molecule has 1 aliphatic carbocycles. The van der Waals surface area contributed by atoms with Crippen LogP contribution in [0.15, 0.2) is 11.4 Å². The van der Waals surface area contributed by atoms with Crippen molar-refractivity contribution >= 4 is 11.8 Å². The average molecular weight is 290 g/mol. The van der Waals surface area contributed by atoms with E-state index in [4.69, 9.17) is 0 Å². The zero-order chi connectivity index (χ0) is 13.9. The number of rotatable bonds is 3. The molecule has 0 radical (unpaired) electrons. The van der Waals surface area contributed by atoms with E-state index < -0.39 is 11.7 Å². The minimum atomic E-state index is -4.36. The molecular formula is C13H17F3N2S. The van der Waals surface area contributed by atoms with Gasteiger partial charge in [-0.2, -0.15) is 13.2 Å². The largest absolute Gasteiger partial charge is 0.419 e. The third-order valence-corrected chi connectivity index (χ3v) is 4.10. The van der Waals surface area contributed by atoms with Gasteiger partial charge in [0.2, 0.25) is 0 Å². The Bertz CT molecular complexity index is 428. The van der Waals surface area contributed by atoms with Crippen LogP contribution >= 0.6 is 11.8 Å². The van der Waals surface area contributed by atoms with Crippen molar-refractivity contribution in [1.29, 1.82) is 0 Å². The third-order valence-electron chi connectivity index (χ3n) is 3.54. The normalized spacial score (nSPS) is 17.7. The summed E-state index contributed by atoms with van der Waals surface area (Å²) < 4.78 is 38.9. The second-order valence-electron chi connectivity index (χ2n) is 4.92. The van der Waals surface area contributed by atoms with Crippen molar-refractivity contribution in [3.05, 3.63) is 17.5 Å². The van der Waals surface area contributed by atoms with E-state index in [1.165, 1.54) is 18.2 Å². The van der Waals surface area contributed by atoms with Gasteiger partial charge in [0.05, 0.1) is 11.3 Å². The van der Waals surface area contributed by atoms with E-state index in [2.05, 4.69) is 9.97 Å².